The van der Waals surface area contributed by atoms with Crippen molar-refractivity contribution in [2.24, 2.45) is 0 Å². The molecule has 8 heteroatoms. The SMILES string of the molecule is N#Cc1ccc(NC(=O)CSc2nnc(-c3ccncc3)n2-c2ccccc2)cc1. The third-order valence-corrected chi connectivity index (χ3v) is 5.15. The average molecular weight is 412 g/mol. The molecule has 7 nitrogen and oxygen atoms in total. The lowest BCUT2D eigenvalue weighted by Gasteiger charge is -2.10. The van der Waals surface area contributed by atoms with Gasteiger partial charge >= 0.3 is 0 Å². The summed E-state index contributed by atoms with van der Waals surface area (Å²) in [5, 5.41) is 21.0. The van der Waals surface area contributed by atoms with Gasteiger partial charge in [-0.25, -0.2) is 0 Å². The van der Waals surface area contributed by atoms with Crippen molar-refractivity contribution < 1.29 is 4.79 Å². The Morgan fingerprint density at radius 1 is 1.00 bits per heavy atom. The molecule has 0 bridgehead atoms. The van der Waals surface area contributed by atoms with Crippen molar-refractivity contribution in [3.8, 4) is 23.1 Å². The molecule has 0 fully saturated rings. The van der Waals surface area contributed by atoms with Gasteiger partial charge in [0.25, 0.3) is 0 Å². The maximum absolute atomic E-state index is 12.4. The summed E-state index contributed by atoms with van der Waals surface area (Å²) in [6, 6.07) is 22.3. The second-order valence-electron chi connectivity index (χ2n) is 6.24. The highest BCUT2D eigenvalue weighted by Gasteiger charge is 2.17. The molecule has 0 radical (unpaired) electrons. The minimum absolute atomic E-state index is 0.168. The van der Waals surface area contributed by atoms with Gasteiger partial charge in [-0.3, -0.25) is 14.3 Å². The first kappa shape index (κ1) is 19.4. The molecular weight excluding hydrogens is 396 g/mol. The molecule has 0 atom stereocenters. The van der Waals surface area contributed by atoms with Gasteiger partial charge in [0.05, 0.1) is 17.4 Å². The van der Waals surface area contributed by atoms with Gasteiger partial charge in [0, 0.05) is 29.3 Å². The van der Waals surface area contributed by atoms with Crippen molar-refractivity contribution in [3.05, 3.63) is 84.7 Å². The van der Waals surface area contributed by atoms with E-state index in [1.165, 1.54) is 11.8 Å². The molecule has 0 saturated heterocycles. The molecule has 4 rings (SSSR count). The monoisotopic (exact) mass is 412 g/mol. The van der Waals surface area contributed by atoms with Gasteiger partial charge in [0.15, 0.2) is 11.0 Å². The van der Waals surface area contributed by atoms with Gasteiger partial charge in [-0.15, -0.1) is 10.2 Å². The Morgan fingerprint density at radius 3 is 2.43 bits per heavy atom. The Hall–Kier alpha value is -3.96. The van der Waals surface area contributed by atoms with Gasteiger partial charge in [0.2, 0.25) is 5.91 Å². The first-order valence-electron chi connectivity index (χ1n) is 9.08. The van der Waals surface area contributed by atoms with Crippen molar-refractivity contribution in [3.63, 3.8) is 0 Å². The fourth-order valence-corrected chi connectivity index (χ4v) is 3.57. The van der Waals surface area contributed by atoms with Crippen molar-refractivity contribution in [1.82, 2.24) is 19.7 Å². The van der Waals surface area contributed by atoms with Crippen LogP contribution in [0.5, 0.6) is 0 Å². The van der Waals surface area contributed by atoms with Crippen LogP contribution in [0.25, 0.3) is 17.1 Å². The number of thioether (sulfide) groups is 1. The molecular formula is C22H16N6OS. The minimum Gasteiger partial charge on any atom is -0.325 e. The van der Waals surface area contributed by atoms with E-state index >= 15 is 0 Å². The Bertz CT molecular complexity index is 1180. The number of benzene rings is 2. The predicted molar refractivity (Wildman–Crippen MR) is 115 cm³/mol. The number of amides is 1. The van der Waals surface area contributed by atoms with Crippen LogP contribution in [0.3, 0.4) is 0 Å². The van der Waals surface area contributed by atoms with E-state index in [0.29, 0.717) is 22.2 Å². The highest BCUT2D eigenvalue weighted by Crippen LogP contribution is 2.27. The molecule has 0 aliphatic rings. The first-order valence-corrected chi connectivity index (χ1v) is 10.1. The molecule has 2 aromatic carbocycles. The number of nitriles is 1. The number of carbonyl (C=O) groups excluding carboxylic acids is 1. The lowest BCUT2D eigenvalue weighted by atomic mass is 10.2. The van der Waals surface area contributed by atoms with Crippen LogP contribution in [-0.2, 0) is 4.79 Å². The van der Waals surface area contributed by atoms with E-state index in [-0.39, 0.29) is 11.7 Å². The number of aromatic nitrogens is 4. The quantitative estimate of drug-likeness (QED) is 0.482. The maximum Gasteiger partial charge on any atom is 0.234 e. The van der Waals surface area contributed by atoms with Crippen LogP contribution in [-0.4, -0.2) is 31.4 Å². The van der Waals surface area contributed by atoms with Crippen LogP contribution >= 0.6 is 11.8 Å². The number of carbonyl (C=O) groups is 1. The Morgan fingerprint density at radius 2 is 1.73 bits per heavy atom. The molecule has 2 aromatic heterocycles. The van der Waals surface area contributed by atoms with E-state index in [1.54, 1.807) is 36.7 Å². The summed E-state index contributed by atoms with van der Waals surface area (Å²) in [5.74, 6) is 0.679. The summed E-state index contributed by atoms with van der Waals surface area (Å²) in [4.78, 5) is 16.5. The topological polar surface area (TPSA) is 96.5 Å². The number of nitrogens with zero attached hydrogens (tertiary/aromatic N) is 5. The Labute approximate surface area is 177 Å². The fraction of sp³-hybridized carbons (Fsp3) is 0.0455. The zero-order chi connectivity index (χ0) is 20.8. The van der Waals surface area contributed by atoms with Crippen molar-refractivity contribution >= 4 is 23.4 Å². The largest absolute Gasteiger partial charge is 0.325 e. The zero-order valence-electron chi connectivity index (χ0n) is 15.8. The summed E-state index contributed by atoms with van der Waals surface area (Å²) in [6.07, 6.45) is 3.41. The molecule has 0 aliphatic heterocycles. The van der Waals surface area contributed by atoms with Crippen LogP contribution in [0.4, 0.5) is 5.69 Å². The number of anilines is 1. The van der Waals surface area contributed by atoms with Crippen molar-refractivity contribution in [2.75, 3.05) is 11.1 Å². The second kappa shape index (κ2) is 9.03. The summed E-state index contributed by atoms with van der Waals surface area (Å²) < 4.78 is 1.93. The smallest absolute Gasteiger partial charge is 0.234 e. The molecule has 0 spiro atoms. The molecule has 30 heavy (non-hydrogen) atoms. The normalized spacial score (nSPS) is 10.4. The summed E-state index contributed by atoms with van der Waals surface area (Å²) in [5.41, 5.74) is 2.98. The lowest BCUT2D eigenvalue weighted by Crippen LogP contribution is -2.14. The van der Waals surface area contributed by atoms with E-state index in [2.05, 4.69) is 26.6 Å². The predicted octanol–water partition coefficient (Wildman–Crippen LogP) is 3.93. The van der Waals surface area contributed by atoms with Crippen molar-refractivity contribution in [1.29, 1.82) is 5.26 Å². The van der Waals surface area contributed by atoms with E-state index < -0.39 is 0 Å². The van der Waals surface area contributed by atoms with Gasteiger partial charge < -0.3 is 5.32 Å². The number of nitrogens with one attached hydrogen (secondary N) is 1. The molecule has 0 saturated carbocycles. The number of rotatable bonds is 6. The summed E-state index contributed by atoms with van der Waals surface area (Å²) >= 11 is 1.30. The standard InChI is InChI=1S/C22H16N6OS/c23-14-16-6-8-18(9-7-16)25-20(29)15-30-22-27-26-21(17-10-12-24-13-11-17)28(22)19-4-2-1-3-5-19/h1-13H,15H2,(H,25,29). The molecule has 4 aromatic rings. The average Bonchev–Trinajstić information content (AvgIpc) is 3.23. The van der Waals surface area contributed by atoms with Gasteiger partial charge in [0.1, 0.15) is 0 Å². The molecule has 1 amide bonds. The van der Waals surface area contributed by atoms with Crippen LogP contribution in [0.1, 0.15) is 5.56 Å². The number of hydrogen-bond acceptors (Lipinski definition) is 6. The molecule has 146 valence electrons. The molecule has 1 N–H and O–H groups in total. The van der Waals surface area contributed by atoms with E-state index in [0.717, 1.165) is 11.3 Å². The number of pyridine rings is 1. The fourth-order valence-electron chi connectivity index (χ4n) is 2.82. The minimum atomic E-state index is -0.169. The Balaban J connectivity index is 1.54. The number of para-hydroxylation sites is 1. The van der Waals surface area contributed by atoms with Gasteiger partial charge in [-0.2, -0.15) is 5.26 Å². The van der Waals surface area contributed by atoms with E-state index in [9.17, 15) is 4.79 Å². The summed E-state index contributed by atoms with van der Waals surface area (Å²) in [6.45, 7) is 0. The Kier molecular flexibility index (Phi) is 5.83. The highest BCUT2D eigenvalue weighted by atomic mass is 32.2. The van der Waals surface area contributed by atoms with Gasteiger partial charge in [-0.05, 0) is 48.5 Å². The lowest BCUT2D eigenvalue weighted by molar-refractivity contribution is -0.113. The van der Waals surface area contributed by atoms with Crippen LogP contribution in [0, 0.1) is 11.3 Å². The van der Waals surface area contributed by atoms with Crippen LogP contribution in [0.2, 0.25) is 0 Å². The number of hydrogen-bond donors (Lipinski definition) is 1. The molecule has 0 aliphatic carbocycles. The zero-order valence-corrected chi connectivity index (χ0v) is 16.6. The third-order valence-electron chi connectivity index (χ3n) is 4.22. The maximum atomic E-state index is 12.4. The second-order valence-corrected chi connectivity index (χ2v) is 7.18. The molecule has 2 heterocycles. The third kappa shape index (κ3) is 4.37. The van der Waals surface area contributed by atoms with E-state index in [1.807, 2.05) is 47.0 Å². The van der Waals surface area contributed by atoms with Crippen molar-refractivity contribution in [2.45, 2.75) is 5.16 Å². The van der Waals surface area contributed by atoms with Gasteiger partial charge in [-0.1, -0.05) is 30.0 Å². The van der Waals surface area contributed by atoms with E-state index in [4.69, 9.17) is 5.26 Å². The highest BCUT2D eigenvalue weighted by molar-refractivity contribution is 7.99. The first-order chi connectivity index (χ1) is 14.7. The van der Waals surface area contributed by atoms with Crippen LogP contribution in [0.15, 0.2) is 84.3 Å². The summed E-state index contributed by atoms with van der Waals surface area (Å²) in [7, 11) is 0. The molecule has 0 unspecified atom stereocenters. The van der Waals surface area contributed by atoms with Crippen LogP contribution < -0.4 is 5.32 Å².